The van der Waals surface area contributed by atoms with Gasteiger partial charge in [-0.15, -0.1) is 5.92 Å². The van der Waals surface area contributed by atoms with E-state index in [1.807, 2.05) is 24.3 Å². The Morgan fingerprint density at radius 1 is 1.19 bits per heavy atom. The van der Waals surface area contributed by atoms with Crippen LogP contribution in [0.15, 0.2) is 46.0 Å². The number of fused-ring (bicyclic) bond motifs is 2. The predicted octanol–water partition coefficient (Wildman–Crippen LogP) is 1.92. The highest BCUT2D eigenvalue weighted by Crippen LogP contribution is 2.24. The molecular weight excluding hydrogens is 454 g/mol. The minimum Gasteiger partial charge on any atom is -0.341 e. The number of benzene rings is 2. The third kappa shape index (κ3) is 3.94. The van der Waals surface area contributed by atoms with Crippen molar-refractivity contribution in [2.75, 3.05) is 18.0 Å². The number of anilines is 1. The van der Waals surface area contributed by atoms with Gasteiger partial charge in [0.05, 0.1) is 24.7 Å². The van der Waals surface area contributed by atoms with Gasteiger partial charge in [-0.3, -0.25) is 18.5 Å². The molecule has 2 aromatic carbocycles. The molecule has 0 aliphatic carbocycles. The summed E-state index contributed by atoms with van der Waals surface area (Å²) < 4.78 is 4.43. The van der Waals surface area contributed by atoms with Crippen molar-refractivity contribution in [3.8, 4) is 17.9 Å². The number of hydrogen-bond acceptors (Lipinski definition) is 6. The van der Waals surface area contributed by atoms with E-state index >= 15 is 0 Å². The summed E-state index contributed by atoms with van der Waals surface area (Å²) in [6.45, 7) is 3.45. The highest BCUT2D eigenvalue weighted by Gasteiger charge is 2.26. The van der Waals surface area contributed by atoms with Gasteiger partial charge in [-0.05, 0) is 48.2 Å². The van der Waals surface area contributed by atoms with Gasteiger partial charge in [0.15, 0.2) is 11.2 Å². The Morgan fingerprint density at radius 2 is 2.00 bits per heavy atom. The van der Waals surface area contributed by atoms with Crippen molar-refractivity contribution in [2.45, 2.75) is 38.9 Å². The maximum atomic E-state index is 13.9. The van der Waals surface area contributed by atoms with E-state index in [-0.39, 0.29) is 19.1 Å². The highest BCUT2D eigenvalue weighted by molar-refractivity contribution is 5.87. The molecule has 2 N–H and O–H groups in total. The summed E-state index contributed by atoms with van der Waals surface area (Å²) in [6.07, 6.45) is 1.86. The van der Waals surface area contributed by atoms with Crippen LogP contribution in [0.4, 0.5) is 5.95 Å². The zero-order valence-corrected chi connectivity index (χ0v) is 20.4. The molecule has 0 radical (unpaired) electrons. The Hall–Kier alpha value is -4.34. The minimum absolute atomic E-state index is 0.0189. The van der Waals surface area contributed by atoms with E-state index in [2.05, 4.69) is 22.8 Å². The van der Waals surface area contributed by atoms with Gasteiger partial charge in [0.1, 0.15) is 0 Å². The van der Waals surface area contributed by atoms with Crippen molar-refractivity contribution >= 4 is 27.9 Å². The molecule has 0 bridgehead atoms. The van der Waals surface area contributed by atoms with E-state index in [1.165, 1.54) is 9.13 Å². The van der Waals surface area contributed by atoms with Crippen LogP contribution in [-0.2, 0) is 20.1 Å². The molecule has 182 valence electrons. The average molecular weight is 482 g/mol. The first kappa shape index (κ1) is 23.4. The first-order valence-electron chi connectivity index (χ1n) is 11.9. The fourth-order valence-corrected chi connectivity index (χ4v) is 5.00. The molecule has 0 spiro atoms. The number of aryl methyl sites for hydroxylation is 1. The molecule has 9 heteroatoms. The lowest BCUT2D eigenvalue weighted by molar-refractivity contribution is 0.496. The fourth-order valence-electron chi connectivity index (χ4n) is 5.00. The van der Waals surface area contributed by atoms with Gasteiger partial charge in [0.2, 0.25) is 5.95 Å². The number of nitriles is 1. The summed E-state index contributed by atoms with van der Waals surface area (Å²) in [5, 5.41) is 11.3. The molecule has 2 aromatic heterocycles. The van der Waals surface area contributed by atoms with Crippen LogP contribution in [0.2, 0.25) is 0 Å². The summed E-state index contributed by atoms with van der Waals surface area (Å²) in [6, 6.07) is 13.4. The maximum absolute atomic E-state index is 13.9. The summed E-state index contributed by atoms with van der Waals surface area (Å²) in [7, 11) is 1.62. The van der Waals surface area contributed by atoms with Crippen LogP contribution >= 0.6 is 0 Å². The molecule has 4 aromatic rings. The fraction of sp³-hybridized carbons (Fsp3) is 0.333. The van der Waals surface area contributed by atoms with Crippen molar-refractivity contribution in [2.24, 2.45) is 12.8 Å². The second-order valence-corrected chi connectivity index (χ2v) is 9.15. The Morgan fingerprint density at radius 3 is 2.75 bits per heavy atom. The molecule has 0 amide bonds. The molecule has 36 heavy (non-hydrogen) atoms. The van der Waals surface area contributed by atoms with Crippen molar-refractivity contribution in [3.05, 3.63) is 68.4 Å². The topological polar surface area (TPSA) is 115 Å². The molecule has 1 saturated heterocycles. The monoisotopic (exact) mass is 481 g/mol. The van der Waals surface area contributed by atoms with Gasteiger partial charge in [0.25, 0.3) is 5.56 Å². The van der Waals surface area contributed by atoms with Gasteiger partial charge in [0, 0.05) is 26.2 Å². The van der Waals surface area contributed by atoms with Crippen LogP contribution in [0.25, 0.3) is 21.9 Å². The standard InChI is InChI=1S/C27H27N7O2/c1-3-4-12-33-23-24(30-26(33)32-11-7-9-21(29)17-32)31(2)27(36)34(25(23)35)16-20-14-18(15-28)13-19-8-5-6-10-22(19)20/h5-6,8,10,13-14,21H,7,9,11-12,16-17,29H2,1-2H3/t21-/m1/s1. The highest BCUT2D eigenvalue weighted by atomic mass is 16.2. The zero-order valence-electron chi connectivity index (χ0n) is 20.4. The molecule has 1 aliphatic rings. The lowest BCUT2D eigenvalue weighted by atomic mass is 10.0. The number of nitrogens with two attached hydrogens (primary N) is 1. The summed E-state index contributed by atoms with van der Waals surface area (Å²) in [5.41, 5.74) is 7.17. The van der Waals surface area contributed by atoms with Crippen LogP contribution in [0, 0.1) is 23.2 Å². The van der Waals surface area contributed by atoms with E-state index < -0.39 is 11.2 Å². The first-order chi connectivity index (χ1) is 17.4. The number of piperidine rings is 1. The molecular formula is C27H27N7O2. The normalized spacial score (nSPS) is 15.6. The van der Waals surface area contributed by atoms with Crippen molar-refractivity contribution in [1.82, 2.24) is 18.7 Å². The minimum atomic E-state index is -0.466. The first-order valence-corrected chi connectivity index (χ1v) is 11.9. The van der Waals surface area contributed by atoms with E-state index in [9.17, 15) is 14.9 Å². The van der Waals surface area contributed by atoms with Gasteiger partial charge < -0.3 is 10.6 Å². The van der Waals surface area contributed by atoms with E-state index in [4.69, 9.17) is 10.7 Å². The van der Waals surface area contributed by atoms with Crippen LogP contribution in [0.1, 0.15) is 30.9 Å². The zero-order chi connectivity index (χ0) is 25.4. The van der Waals surface area contributed by atoms with Gasteiger partial charge >= 0.3 is 5.69 Å². The second-order valence-electron chi connectivity index (χ2n) is 9.15. The van der Waals surface area contributed by atoms with E-state index in [1.54, 1.807) is 30.7 Å². The lowest BCUT2D eigenvalue weighted by Gasteiger charge is -2.31. The Balaban J connectivity index is 1.73. The van der Waals surface area contributed by atoms with Crippen molar-refractivity contribution < 1.29 is 0 Å². The summed E-state index contributed by atoms with van der Waals surface area (Å²) in [5.74, 6) is 6.54. The Bertz CT molecular complexity index is 1710. The van der Waals surface area contributed by atoms with Crippen LogP contribution < -0.4 is 21.9 Å². The van der Waals surface area contributed by atoms with E-state index in [0.717, 1.165) is 35.7 Å². The quantitative estimate of drug-likeness (QED) is 0.446. The number of rotatable bonds is 4. The third-order valence-electron chi connectivity index (χ3n) is 6.77. The number of aromatic nitrogens is 4. The van der Waals surface area contributed by atoms with Crippen LogP contribution in [0.3, 0.4) is 0 Å². The predicted molar refractivity (Wildman–Crippen MR) is 140 cm³/mol. The van der Waals surface area contributed by atoms with Gasteiger partial charge in [-0.25, -0.2) is 4.79 Å². The smallest absolute Gasteiger partial charge is 0.332 e. The van der Waals surface area contributed by atoms with Crippen LogP contribution in [0.5, 0.6) is 0 Å². The van der Waals surface area contributed by atoms with Gasteiger partial charge in [-0.1, -0.05) is 30.2 Å². The molecule has 0 saturated carbocycles. The van der Waals surface area contributed by atoms with E-state index in [0.29, 0.717) is 29.2 Å². The summed E-state index contributed by atoms with van der Waals surface area (Å²) in [4.78, 5) is 34.1. The molecule has 1 atom stereocenters. The molecule has 0 unspecified atom stereocenters. The van der Waals surface area contributed by atoms with Crippen LogP contribution in [-0.4, -0.2) is 37.8 Å². The summed E-state index contributed by atoms with van der Waals surface area (Å²) >= 11 is 0. The molecule has 9 nitrogen and oxygen atoms in total. The Labute approximate surface area is 208 Å². The van der Waals surface area contributed by atoms with Gasteiger partial charge in [-0.2, -0.15) is 10.2 Å². The van der Waals surface area contributed by atoms with Crippen molar-refractivity contribution in [3.63, 3.8) is 0 Å². The van der Waals surface area contributed by atoms with Crippen molar-refractivity contribution in [1.29, 1.82) is 5.26 Å². The SMILES string of the molecule is CC#CCn1c(N2CCC[C@@H](N)C2)nc2c1c(=O)n(Cc1cc(C#N)cc3ccccc13)c(=O)n2C. The number of imidazole rings is 1. The Kier molecular flexibility index (Phi) is 6.09. The lowest BCUT2D eigenvalue weighted by Crippen LogP contribution is -2.44. The number of nitrogens with zero attached hydrogens (tertiary/aromatic N) is 6. The second kappa shape index (κ2) is 9.37. The average Bonchev–Trinajstić information content (AvgIpc) is 3.28. The molecule has 1 aliphatic heterocycles. The molecule has 5 rings (SSSR count). The molecule has 3 heterocycles. The third-order valence-corrected chi connectivity index (χ3v) is 6.77. The largest absolute Gasteiger partial charge is 0.341 e. The maximum Gasteiger partial charge on any atom is 0.332 e. The molecule has 1 fully saturated rings. The number of hydrogen-bond donors (Lipinski definition) is 1.